The third-order valence-electron chi connectivity index (χ3n) is 5.31. The average molecular weight is 389 g/mol. The number of aromatic nitrogens is 1. The molecule has 2 amide bonds. The number of anilines is 1. The van der Waals surface area contributed by atoms with Gasteiger partial charge in [-0.2, -0.15) is 0 Å². The first-order valence-electron chi connectivity index (χ1n) is 9.60. The van der Waals surface area contributed by atoms with Crippen molar-refractivity contribution in [2.45, 2.75) is 39.8 Å². The summed E-state index contributed by atoms with van der Waals surface area (Å²) in [4.78, 5) is 31.3. The molecule has 3 aromatic rings. The summed E-state index contributed by atoms with van der Waals surface area (Å²) in [6.07, 6.45) is 2.10. The molecule has 0 bridgehead atoms. The molecular formula is C23H23N3O3. The minimum atomic E-state index is -0.545. The van der Waals surface area contributed by atoms with E-state index in [0.717, 1.165) is 27.9 Å². The Morgan fingerprint density at radius 1 is 1.14 bits per heavy atom. The monoisotopic (exact) mass is 389 g/mol. The summed E-state index contributed by atoms with van der Waals surface area (Å²) in [6.45, 7) is 5.78. The number of oxazole rings is 1. The fraction of sp³-hybridized carbons (Fsp3) is 0.261. The maximum Gasteiger partial charge on any atom is 0.247 e. The van der Waals surface area contributed by atoms with E-state index in [1.54, 1.807) is 11.2 Å². The Bertz CT molecular complexity index is 1090. The molecule has 6 nitrogen and oxygen atoms in total. The first-order chi connectivity index (χ1) is 13.9. The second kappa shape index (κ2) is 7.54. The Labute approximate surface area is 169 Å². The number of benzene rings is 2. The molecule has 1 aromatic heterocycles. The third kappa shape index (κ3) is 3.78. The van der Waals surface area contributed by atoms with Crippen LogP contribution in [0.1, 0.15) is 29.3 Å². The van der Waals surface area contributed by atoms with E-state index >= 15 is 0 Å². The first-order valence-corrected chi connectivity index (χ1v) is 9.60. The van der Waals surface area contributed by atoms with Crippen LogP contribution >= 0.6 is 0 Å². The predicted molar refractivity (Wildman–Crippen MR) is 110 cm³/mol. The van der Waals surface area contributed by atoms with Crippen LogP contribution in [0.4, 0.5) is 5.69 Å². The van der Waals surface area contributed by atoms with Crippen molar-refractivity contribution in [3.63, 3.8) is 0 Å². The van der Waals surface area contributed by atoms with E-state index in [2.05, 4.69) is 10.3 Å². The zero-order chi connectivity index (χ0) is 20.5. The third-order valence-corrected chi connectivity index (χ3v) is 5.31. The molecule has 29 heavy (non-hydrogen) atoms. The molecule has 4 rings (SSSR count). The maximum absolute atomic E-state index is 13.1. The minimum Gasteiger partial charge on any atom is -0.444 e. The van der Waals surface area contributed by atoms with Gasteiger partial charge in [0.1, 0.15) is 12.3 Å². The molecule has 1 aliphatic rings. The molecule has 1 N–H and O–H groups in total. The Morgan fingerprint density at radius 2 is 1.90 bits per heavy atom. The van der Waals surface area contributed by atoms with Crippen LogP contribution in [0.3, 0.4) is 0 Å². The Hall–Kier alpha value is -3.41. The summed E-state index contributed by atoms with van der Waals surface area (Å²) in [7, 11) is 0. The van der Waals surface area contributed by atoms with Crippen molar-refractivity contribution in [3.8, 4) is 11.5 Å². The summed E-state index contributed by atoms with van der Waals surface area (Å²) in [5, 5.41) is 2.97. The lowest BCUT2D eigenvalue weighted by Gasteiger charge is -2.35. The smallest absolute Gasteiger partial charge is 0.247 e. The van der Waals surface area contributed by atoms with Crippen molar-refractivity contribution >= 4 is 17.5 Å². The van der Waals surface area contributed by atoms with Gasteiger partial charge in [0.15, 0.2) is 0 Å². The van der Waals surface area contributed by atoms with Gasteiger partial charge in [0, 0.05) is 31.1 Å². The van der Waals surface area contributed by atoms with Gasteiger partial charge in [0.05, 0.1) is 5.69 Å². The molecule has 0 aliphatic carbocycles. The molecule has 1 aliphatic heterocycles. The van der Waals surface area contributed by atoms with Crippen molar-refractivity contribution in [2.75, 3.05) is 5.32 Å². The molecule has 0 radical (unpaired) electrons. The van der Waals surface area contributed by atoms with Gasteiger partial charge < -0.3 is 14.6 Å². The summed E-state index contributed by atoms with van der Waals surface area (Å²) < 4.78 is 5.52. The number of nitrogens with one attached hydrogen (secondary N) is 1. The molecular weight excluding hydrogens is 366 g/mol. The van der Waals surface area contributed by atoms with Crippen molar-refractivity contribution in [1.29, 1.82) is 0 Å². The molecule has 0 fully saturated rings. The first kappa shape index (κ1) is 18.9. The van der Waals surface area contributed by atoms with Gasteiger partial charge >= 0.3 is 0 Å². The predicted octanol–water partition coefficient (Wildman–Crippen LogP) is 3.87. The number of carbonyl (C=O) groups excluding carboxylic acids is 2. The number of hydrogen-bond donors (Lipinski definition) is 1. The van der Waals surface area contributed by atoms with E-state index in [9.17, 15) is 9.59 Å². The molecule has 2 heterocycles. The number of fused-ring (bicyclic) bond motifs is 1. The molecule has 1 atom stereocenters. The summed E-state index contributed by atoms with van der Waals surface area (Å²) in [5.74, 6) is 0.209. The van der Waals surface area contributed by atoms with E-state index < -0.39 is 6.04 Å². The van der Waals surface area contributed by atoms with Crippen molar-refractivity contribution in [1.82, 2.24) is 9.88 Å². The number of rotatable bonds is 3. The Morgan fingerprint density at radius 3 is 2.59 bits per heavy atom. The van der Waals surface area contributed by atoms with Crippen molar-refractivity contribution in [2.24, 2.45) is 0 Å². The van der Waals surface area contributed by atoms with Crippen molar-refractivity contribution < 1.29 is 14.0 Å². The molecule has 0 spiro atoms. The topological polar surface area (TPSA) is 75.4 Å². The van der Waals surface area contributed by atoms with Gasteiger partial charge in [0.25, 0.3) is 0 Å². The zero-order valence-corrected chi connectivity index (χ0v) is 16.7. The number of aryl methyl sites for hydroxylation is 2. The fourth-order valence-electron chi connectivity index (χ4n) is 3.72. The molecule has 0 saturated heterocycles. The molecule has 148 valence electrons. The highest BCUT2D eigenvalue weighted by molar-refractivity contribution is 5.98. The molecule has 1 unspecified atom stereocenters. The van der Waals surface area contributed by atoms with E-state index in [0.29, 0.717) is 24.5 Å². The van der Waals surface area contributed by atoms with Crippen LogP contribution in [0.25, 0.3) is 11.5 Å². The van der Waals surface area contributed by atoms with Gasteiger partial charge in [-0.15, -0.1) is 0 Å². The molecule has 6 heteroatoms. The van der Waals surface area contributed by atoms with Gasteiger partial charge in [-0.25, -0.2) is 4.98 Å². The maximum atomic E-state index is 13.1. The van der Waals surface area contributed by atoms with Crippen LogP contribution in [-0.2, 0) is 22.6 Å². The lowest BCUT2D eigenvalue weighted by atomic mass is 9.93. The Kier molecular flexibility index (Phi) is 4.92. The molecule has 0 saturated carbocycles. The number of amides is 2. The van der Waals surface area contributed by atoms with Crippen molar-refractivity contribution in [3.05, 3.63) is 71.1 Å². The van der Waals surface area contributed by atoms with Crippen LogP contribution in [0.15, 0.2) is 53.1 Å². The normalized spacial score (nSPS) is 15.7. The van der Waals surface area contributed by atoms with Crippen LogP contribution in [0.5, 0.6) is 0 Å². The van der Waals surface area contributed by atoms with Gasteiger partial charge in [-0.05, 0) is 42.7 Å². The van der Waals surface area contributed by atoms with Crippen LogP contribution in [-0.4, -0.2) is 27.7 Å². The van der Waals surface area contributed by atoms with Gasteiger partial charge in [-0.3, -0.25) is 9.59 Å². The number of carbonyl (C=O) groups is 2. The van der Waals surface area contributed by atoms with E-state index in [1.165, 1.54) is 6.92 Å². The lowest BCUT2D eigenvalue weighted by molar-refractivity contribution is -0.138. The fourth-order valence-corrected chi connectivity index (χ4v) is 3.72. The SMILES string of the molecule is CC(=O)N1Cc2ccccc2CC1C(=O)Nc1ccc(C)c(-c2nc(C)co2)c1. The lowest BCUT2D eigenvalue weighted by Crippen LogP contribution is -2.49. The zero-order valence-electron chi connectivity index (χ0n) is 16.7. The number of hydrogen-bond acceptors (Lipinski definition) is 4. The van der Waals surface area contributed by atoms with Crippen LogP contribution in [0, 0.1) is 13.8 Å². The Balaban J connectivity index is 1.59. The summed E-state index contributed by atoms with van der Waals surface area (Å²) in [5.41, 5.74) is 5.46. The second-order valence-electron chi connectivity index (χ2n) is 7.45. The largest absolute Gasteiger partial charge is 0.444 e. The van der Waals surface area contributed by atoms with E-state index in [1.807, 2.05) is 56.3 Å². The highest BCUT2D eigenvalue weighted by Crippen LogP contribution is 2.28. The van der Waals surface area contributed by atoms with Gasteiger partial charge in [-0.1, -0.05) is 30.3 Å². The van der Waals surface area contributed by atoms with E-state index in [4.69, 9.17) is 4.42 Å². The quantitative estimate of drug-likeness (QED) is 0.738. The standard InChI is InChI=1S/C23H23N3O3/c1-14-8-9-19(11-20(14)23-24-15(2)13-29-23)25-22(28)21-10-17-6-4-5-7-18(17)12-26(21)16(3)27/h4-9,11,13,21H,10,12H2,1-3H3,(H,25,28). The number of nitrogens with zero attached hydrogens (tertiary/aromatic N) is 2. The van der Waals surface area contributed by atoms with Crippen LogP contribution < -0.4 is 5.32 Å². The second-order valence-corrected chi connectivity index (χ2v) is 7.45. The summed E-state index contributed by atoms with van der Waals surface area (Å²) in [6, 6.07) is 13.0. The highest BCUT2D eigenvalue weighted by Gasteiger charge is 2.33. The summed E-state index contributed by atoms with van der Waals surface area (Å²) >= 11 is 0. The van der Waals surface area contributed by atoms with E-state index in [-0.39, 0.29) is 11.8 Å². The average Bonchev–Trinajstić information content (AvgIpc) is 3.14. The van der Waals surface area contributed by atoms with Crippen LogP contribution in [0.2, 0.25) is 0 Å². The van der Waals surface area contributed by atoms with Gasteiger partial charge in [0.2, 0.25) is 17.7 Å². The highest BCUT2D eigenvalue weighted by atomic mass is 16.3. The minimum absolute atomic E-state index is 0.112. The molecule has 2 aromatic carbocycles.